The average Bonchev–Trinajstić information content (AvgIpc) is 2.40. The molecule has 0 bridgehead atoms. The summed E-state index contributed by atoms with van der Waals surface area (Å²) < 4.78 is 7.70. The summed E-state index contributed by atoms with van der Waals surface area (Å²) in [6.45, 7) is 1.63. The molecular formula is C15H28O2Sn. The van der Waals surface area contributed by atoms with Gasteiger partial charge in [-0.15, -0.1) is 0 Å². The molecule has 0 N–H and O–H groups in total. The van der Waals surface area contributed by atoms with Gasteiger partial charge in [0.15, 0.2) is 0 Å². The second kappa shape index (κ2) is 6.62. The molecule has 2 saturated carbocycles. The average molecular weight is 359 g/mol. The second-order valence-corrected chi connectivity index (χ2v) is 18.4. The molecule has 0 aromatic heterocycles. The molecule has 3 heteroatoms. The van der Waals surface area contributed by atoms with E-state index in [0.29, 0.717) is 0 Å². The molecule has 0 heterocycles. The Kier molecular flexibility index (Phi) is 5.40. The maximum atomic E-state index is 11.6. The van der Waals surface area contributed by atoms with Crippen molar-refractivity contribution in [3.8, 4) is 0 Å². The summed E-state index contributed by atoms with van der Waals surface area (Å²) in [7, 11) is 0. The molecule has 0 saturated heterocycles. The molecule has 2 fully saturated rings. The molecule has 0 unspecified atom stereocenters. The van der Waals surface area contributed by atoms with Crippen molar-refractivity contribution < 1.29 is 7.87 Å². The maximum absolute atomic E-state index is 11.6. The van der Waals surface area contributed by atoms with Crippen LogP contribution in [0.3, 0.4) is 0 Å². The van der Waals surface area contributed by atoms with E-state index in [1.54, 1.807) is 6.92 Å². The first-order valence-corrected chi connectivity index (χ1v) is 15.1. The van der Waals surface area contributed by atoms with E-state index in [-0.39, 0.29) is 5.97 Å². The molecule has 2 rings (SSSR count). The Morgan fingerprint density at radius 3 is 1.61 bits per heavy atom. The Balaban J connectivity index is 2.11. The zero-order valence-electron chi connectivity index (χ0n) is 12.0. The fraction of sp³-hybridized carbons (Fsp3) is 0.933. The minimum absolute atomic E-state index is 0.00412. The molecule has 0 aromatic carbocycles. The normalized spacial score (nSPS) is 23.9. The van der Waals surface area contributed by atoms with Gasteiger partial charge in [0.1, 0.15) is 0 Å². The van der Waals surface area contributed by atoms with Crippen molar-refractivity contribution in [2.75, 3.05) is 0 Å². The van der Waals surface area contributed by atoms with Gasteiger partial charge < -0.3 is 0 Å². The summed E-state index contributed by atoms with van der Waals surface area (Å²) in [5, 5.41) is 0. The van der Waals surface area contributed by atoms with Crippen molar-refractivity contribution in [2.45, 2.75) is 83.9 Å². The van der Waals surface area contributed by atoms with Crippen molar-refractivity contribution in [2.24, 2.45) is 0 Å². The van der Waals surface area contributed by atoms with Gasteiger partial charge in [-0.3, -0.25) is 0 Å². The van der Waals surface area contributed by atoms with Crippen LogP contribution < -0.4 is 0 Å². The summed E-state index contributed by atoms with van der Waals surface area (Å²) in [4.78, 5) is 14.0. The van der Waals surface area contributed by atoms with Crippen LogP contribution in [-0.4, -0.2) is 24.8 Å². The first kappa shape index (κ1) is 14.7. The predicted octanol–water partition coefficient (Wildman–Crippen LogP) is 4.79. The molecule has 2 nitrogen and oxygen atoms in total. The summed E-state index contributed by atoms with van der Waals surface area (Å²) in [6.07, 6.45) is 13.6. The Hall–Kier alpha value is 0.269. The van der Waals surface area contributed by atoms with Crippen molar-refractivity contribution in [3.05, 3.63) is 0 Å². The van der Waals surface area contributed by atoms with Crippen molar-refractivity contribution in [3.63, 3.8) is 0 Å². The van der Waals surface area contributed by atoms with Crippen LogP contribution in [0.25, 0.3) is 0 Å². The summed E-state index contributed by atoms with van der Waals surface area (Å²) in [6, 6.07) is 0. The molecule has 18 heavy (non-hydrogen) atoms. The number of hydrogen-bond donors (Lipinski definition) is 0. The third kappa shape index (κ3) is 3.43. The Labute approximate surface area is 116 Å². The molecular weight excluding hydrogens is 331 g/mol. The van der Waals surface area contributed by atoms with Crippen LogP contribution in [0.2, 0.25) is 12.8 Å². The van der Waals surface area contributed by atoms with Gasteiger partial charge in [0, 0.05) is 0 Å². The standard InChI is InChI=1S/2C6H11.C2H4O2.CH3.Sn/c2*1-2-4-6-5-3-1;1-2(3)4;;/h2*1H,2-6H2;1H3,(H,3,4);1H3;/q;;;;+1/p-1. The van der Waals surface area contributed by atoms with Crippen LogP contribution in [-0.2, 0) is 7.87 Å². The van der Waals surface area contributed by atoms with Crippen molar-refractivity contribution in [1.29, 1.82) is 0 Å². The fourth-order valence-corrected chi connectivity index (χ4v) is 17.7. The topological polar surface area (TPSA) is 26.3 Å². The predicted molar refractivity (Wildman–Crippen MR) is 77.1 cm³/mol. The molecule has 2 aliphatic carbocycles. The van der Waals surface area contributed by atoms with E-state index in [2.05, 4.69) is 4.94 Å². The Morgan fingerprint density at radius 1 is 0.889 bits per heavy atom. The van der Waals surface area contributed by atoms with E-state index in [9.17, 15) is 4.79 Å². The second-order valence-electron chi connectivity index (χ2n) is 6.45. The monoisotopic (exact) mass is 360 g/mol. The van der Waals surface area contributed by atoms with E-state index < -0.39 is 18.8 Å². The summed E-state index contributed by atoms with van der Waals surface area (Å²) in [5.74, 6) is 0.00412. The number of hydrogen-bond acceptors (Lipinski definition) is 2. The molecule has 0 spiro atoms. The summed E-state index contributed by atoms with van der Waals surface area (Å²) in [5.41, 5.74) is 0. The third-order valence-electron chi connectivity index (χ3n) is 5.20. The van der Waals surface area contributed by atoms with E-state index in [1.807, 2.05) is 0 Å². The number of rotatable bonds is 3. The molecule has 0 aromatic rings. The van der Waals surface area contributed by atoms with Gasteiger partial charge in [-0.05, 0) is 0 Å². The van der Waals surface area contributed by atoms with Gasteiger partial charge in [-0.25, -0.2) is 0 Å². The van der Waals surface area contributed by atoms with Gasteiger partial charge in [0.05, 0.1) is 0 Å². The quantitative estimate of drug-likeness (QED) is 0.677. The van der Waals surface area contributed by atoms with Crippen LogP contribution in [0.15, 0.2) is 0 Å². The summed E-state index contributed by atoms with van der Waals surface area (Å²) >= 11 is -2.72. The van der Waals surface area contributed by atoms with Crippen molar-refractivity contribution >= 4 is 24.8 Å². The molecule has 2 aliphatic rings. The molecule has 0 radical (unpaired) electrons. The fourth-order valence-electron chi connectivity index (χ4n) is 4.16. The van der Waals surface area contributed by atoms with E-state index in [0.717, 1.165) is 7.87 Å². The van der Waals surface area contributed by atoms with Gasteiger partial charge in [-0.1, -0.05) is 0 Å². The van der Waals surface area contributed by atoms with Crippen molar-refractivity contribution in [1.82, 2.24) is 0 Å². The first-order valence-electron chi connectivity index (χ1n) is 7.82. The Morgan fingerprint density at radius 2 is 1.28 bits per heavy atom. The number of carbonyl (C=O) groups excluding carboxylic acids is 1. The van der Waals surface area contributed by atoms with E-state index in [1.165, 1.54) is 64.2 Å². The Bertz CT molecular complexity index is 260. The SMILES string of the molecule is CC(=O)[O][Sn]([CH3])([CH]1CCCCC1)[CH]1CCCCC1. The first-order chi connectivity index (χ1) is 8.63. The zero-order chi connectivity index (χ0) is 13.0. The van der Waals surface area contributed by atoms with Gasteiger partial charge in [-0.2, -0.15) is 0 Å². The third-order valence-corrected chi connectivity index (χ3v) is 19.8. The molecule has 0 aliphatic heterocycles. The molecule has 104 valence electrons. The van der Waals surface area contributed by atoms with E-state index >= 15 is 0 Å². The van der Waals surface area contributed by atoms with Gasteiger partial charge >= 0.3 is 117 Å². The van der Waals surface area contributed by atoms with Gasteiger partial charge in [0.2, 0.25) is 0 Å². The van der Waals surface area contributed by atoms with Crippen LogP contribution in [0.4, 0.5) is 0 Å². The minimum atomic E-state index is -2.72. The number of carbonyl (C=O) groups is 1. The van der Waals surface area contributed by atoms with Crippen LogP contribution >= 0.6 is 0 Å². The van der Waals surface area contributed by atoms with Gasteiger partial charge in [0.25, 0.3) is 0 Å². The molecule has 0 atom stereocenters. The van der Waals surface area contributed by atoms with E-state index in [4.69, 9.17) is 3.07 Å². The molecule has 0 amide bonds. The van der Waals surface area contributed by atoms with Crippen LogP contribution in [0.5, 0.6) is 0 Å². The van der Waals surface area contributed by atoms with Crippen LogP contribution in [0.1, 0.15) is 71.1 Å². The zero-order valence-corrected chi connectivity index (χ0v) is 14.9. The van der Waals surface area contributed by atoms with Crippen LogP contribution in [0, 0.1) is 0 Å².